The van der Waals surface area contributed by atoms with Gasteiger partial charge in [-0.3, -0.25) is 0 Å². The molecule has 108 valence electrons. The number of ether oxygens (including phenoxy) is 1. The van der Waals surface area contributed by atoms with Crippen molar-refractivity contribution in [1.29, 1.82) is 0 Å². The van der Waals surface area contributed by atoms with E-state index in [4.69, 9.17) is 0 Å². The molecule has 0 aliphatic rings. The molecule has 0 aliphatic carbocycles. The van der Waals surface area contributed by atoms with E-state index in [1.165, 1.54) is 6.07 Å². The molecule has 0 saturated heterocycles. The fourth-order valence-electron chi connectivity index (χ4n) is 1.86. The summed E-state index contributed by atoms with van der Waals surface area (Å²) in [5.74, 6) is 0.186. The molecule has 2 rings (SSSR count). The number of hydrogen-bond acceptors (Lipinski definition) is 4. The van der Waals surface area contributed by atoms with Crippen LogP contribution >= 0.6 is 11.3 Å². The molecule has 0 fully saturated rings. The third-order valence-electron chi connectivity index (χ3n) is 2.90. The molecule has 0 saturated carbocycles. The van der Waals surface area contributed by atoms with Crippen LogP contribution in [0, 0.1) is 0 Å². The number of halogens is 2. The van der Waals surface area contributed by atoms with E-state index in [2.05, 4.69) is 15.0 Å². The first kappa shape index (κ1) is 14.9. The molecule has 0 aliphatic heterocycles. The van der Waals surface area contributed by atoms with Crippen LogP contribution in [-0.2, 0) is 6.42 Å². The molecular formula is C14H16F2N2OS. The third kappa shape index (κ3) is 4.54. The maximum absolute atomic E-state index is 12.2. The highest BCUT2D eigenvalue weighted by molar-refractivity contribution is 7.07. The number of rotatable bonds is 7. The van der Waals surface area contributed by atoms with E-state index in [-0.39, 0.29) is 11.8 Å². The number of thiazole rings is 1. The highest BCUT2D eigenvalue weighted by Gasteiger charge is 2.08. The lowest BCUT2D eigenvalue weighted by Crippen LogP contribution is -2.21. The summed E-state index contributed by atoms with van der Waals surface area (Å²) in [6, 6.07) is 6.82. The molecule has 1 aromatic heterocycles. The fraction of sp³-hybridized carbons (Fsp3) is 0.357. The van der Waals surface area contributed by atoms with Gasteiger partial charge in [-0.1, -0.05) is 12.1 Å². The molecule has 20 heavy (non-hydrogen) atoms. The topological polar surface area (TPSA) is 34.2 Å². The summed E-state index contributed by atoms with van der Waals surface area (Å²) in [6.07, 6.45) is 0.848. The van der Waals surface area contributed by atoms with Gasteiger partial charge in [0, 0.05) is 24.4 Å². The van der Waals surface area contributed by atoms with Gasteiger partial charge < -0.3 is 10.1 Å². The van der Waals surface area contributed by atoms with Crippen LogP contribution in [0.25, 0.3) is 0 Å². The van der Waals surface area contributed by atoms with Gasteiger partial charge in [-0.15, -0.1) is 11.3 Å². The first-order valence-electron chi connectivity index (χ1n) is 6.30. The zero-order chi connectivity index (χ0) is 14.4. The van der Waals surface area contributed by atoms with Crippen molar-refractivity contribution in [2.45, 2.75) is 26.0 Å². The van der Waals surface area contributed by atoms with Gasteiger partial charge in [-0.2, -0.15) is 8.78 Å². The normalized spacial score (nSPS) is 12.6. The van der Waals surface area contributed by atoms with Gasteiger partial charge in [0.05, 0.1) is 11.2 Å². The molecular weight excluding hydrogens is 282 g/mol. The summed E-state index contributed by atoms with van der Waals surface area (Å²) in [5, 5.41) is 5.36. The molecule has 0 bridgehead atoms. The fourth-order valence-corrected chi connectivity index (χ4v) is 2.45. The minimum absolute atomic E-state index is 0.0647. The Morgan fingerprint density at radius 3 is 2.95 bits per heavy atom. The predicted molar refractivity (Wildman–Crippen MR) is 75.3 cm³/mol. The minimum atomic E-state index is -2.79. The van der Waals surface area contributed by atoms with Gasteiger partial charge in [-0.25, -0.2) is 4.98 Å². The second-order valence-electron chi connectivity index (χ2n) is 4.36. The second-order valence-corrected chi connectivity index (χ2v) is 5.08. The Hall–Kier alpha value is -1.53. The standard InChI is InChI=1S/C14H16F2N2OS/c1-10(17-6-5-12-8-20-9-18-12)11-3-2-4-13(7-11)19-14(15)16/h2-4,7-10,14,17H,5-6H2,1H3. The molecule has 0 amide bonds. The van der Waals surface area contributed by atoms with Crippen molar-refractivity contribution in [3.05, 3.63) is 46.4 Å². The van der Waals surface area contributed by atoms with Crippen LogP contribution in [0.2, 0.25) is 0 Å². The van der Waals surface area contributed by atoms with Crippen molar-refractivity contribution in [2.75, 3.05) is 6.54 Å². The molecule has 0 radical (unpaired) electrons. The van der Waals surface area contributed by atoms with Crippen LogP contribution in [0.1, 0.15) is 24.2 Å². The van der Waals surface area contributed by atoms with E-state index in [0.717, 1.165) is 24.2 Å². The Morgan fingerprint density at radius 2 is 2.25 bits per heavy atom. The van der Waals surface area contributed by atoms with Crippen molar-refractivity contribution >= 4 is 11.3 Å². The maximum Gasteiger partial charge on any atom is 0.387 e. The maximum atomic E-state index is 12.2. The summed E-state index contributed by atoms with van der Waals surface area (Å²) < 4.78 is 28.7. The monoisotopic (exact) mass is 298 g/mol. The Morgan fingerprint density at radius 1 is 1.40 bits per heavy atom. The molecule has 1 unspecified atom stereocenters. The quantitative estimate of drug-likeness (QED) is 0.847. The van der Waals surface area contributed by atoms with Crippen LogP contribution in [0.5, 0.6) is 5.75 Å². The number of benzene rings is 1. The molecule has 1 atom stereocenters. The van der Waals surface area contributed by atoms with Crippen LogP contribution in [0.15, 0.2) is 35.2 Å². The molecule has 0 spiro atoms. The van der Waals surface area contributed by atoms with Gasteiger partial charge in [0.25, 0.3) is 0 Å². The smallest absolute Gasteiger partial charge is 0.387 e. The number of aromatic nitrogens is 1. The van der Waals surface area contributed by atoms with Gasteiger partial charge in [-0.05, 0) is 24.6 Å². The van der Waals surface area contributed by atoms with E-state index >= 15 is 0 Å². The Labute approximate surface area is 120 Å². The number of nitrogens with zero attached hydrogens (tertiary/aromatic N) is 1. The highest BCUT2D eigenvalue weighted by atomic mass is 32.1. The number of alkyl halides is 2. The number of hydrogen-bond donors (Lipinski definition) is 1. The predicted octanol–water partition coefficient (Wildman–Crippen LogP) is 3.64. The van der Waals surface area contributed by atoms with Crippen molar-refractivity contribution < 1.29 is 13.5 Å². The Bertz CT molecular complexity index is 520. The van der Waals surface area contributed by atoms with Crippen molar-refractivity contribution in [2.24, 2.45) is 0 Å². The summed E-state index contributed by atoms with van der Waals surface area (Å²) in [6.45, 7) is -0.0222. The molecule has 1 aromatic carbocycles. The van der Waals surface area contributed by atoms with Crippen molar-refractivity contribution in [3.63, 3.8) is 0 Å². The Kier molecular flexibility index (Phi) is 5.43. The first-order chi connectivity index (χ1) is 9.65. The third-order valence-corrected chi connectivity index (χ3v) is 3.53. The lowest BCUT2D eigenvalue weighted by atomic mass is 10.1. The summed E-state index contributed by atoms with van der Waals surface area (Å²) in [4.78, 5) is 4.21. The van der Waals surface area contributed by atoms with Gasteiger partial charge in [0.1, 0.15) is 5.75 Å². The van der Waals surface area contributed by atoms with Gasteiger partial charge in [0.2, 0.25) is 0 Å². The van der Waals surface area contributed by atoms with E-state index in [0.29, 0.717) is 0 Å². The van der Waals surface area contributed by atoms with Gasteiger partial charge >= 0.3 is 6.61 Å². The Balaban J connectivity index is 1.86. The summed E-state index contributed by atoms with van der Waals surface area (Å²) in [7, 11) is 0. The molecule has 1 heterocycles. The van der Waals surface area contributed by atoms with Crippen molar-refractivity contribution in [1.82, 2.24) is 10.3 Å². The average molecular weight is 298 g/mol. The summed E-state index contributed by atoms with van der Waals surface area (Å²) >= 11 is 1.58. The molecule has 3 nitrogen and oxygen atoms in total. The molecule has 1 N–H and O–H groups in total. The van der Waals surface area contributed by atoms with Gasteiger partial charge in [0.15, 0.2) is 0 Å². The average Bonchev–Trinajstić information content (AvgIpc) is 2.91. The molecule has 2 aromatic rings. The van der Waals surface area contributed by atoms with Crippen LogP contribution in [0.3, 0.4) is 0 Å². The second kappa shape index (κ2) is 7.31. The lowest BCUT2D eigenvalue weighted by Gasteiger charge is -2.15. The highest BCUT2D eigenvalue weighted by Crippen LogP contribution is 2.20. The van der Waals surface area contributed by atoms with E-state index in [1.807, 2.05) is 23.9 Å². The van der Waals surface area contributed by atoms with Crippen molar-refractivity contribution in [3.8, 4) is 5.75 Å². The SMILES string of the molecule is CC(NCCc1cscn1)c1cccc(OC(F)F)c1. The van der Waals surface area contributed by atoms with E-state index in [1.54, 1.807) is 23.5 Å². The van der Waals surface area contributed by atoms with Crippen LogP contribution in [-0.4, -0.2) is 18.1 Å². The van der Waals surface area contributed by atoms with Crippen LogP contribution in [0.4, 0.5) is 8.78 Å². The summed E-state index contributed by atoms with van der Waals surface area (Å²) in [5.41, 5.74) is 3.79. The first-order valence-corrected chi connectivity index (χ1v) is 7.24. The number of nitrogens with one attached hydrogen (secondary N) is 1. The zero-order valence-electron chi connectivity index (χ0n) is 11.1. The van der Waals surface area contributed by atoms with E-state index < -0.39 is 6.61 Å². The minimum Gasteiger partial charge on any atom is -0.435 e. The molecule has 6 heteroatoms. The van der Waals surface area contributed by atoms with Crippen LogP contribution < -0.4 is 10.1 Å². The van der Waals surface area contributed by atoms with E-state index in [9.17, 15) is 8.78 Å². The zero-order valence-corrected chi connectivity index (χ0v) is 11.9. The largest absolute Gasteiger partial charge is 0.435 e. The lowest BCUT2D eigenvalue weighted by molar-refractivity contribution is -0.0499.